The molecular weight excluding hydrogens is 264 g/mol. The molecule has 0 bridgehead atoms. The maximum atomic E-state index is 11.6. The number of carbonyl (C=O) groups excluding carboxylic acids is 1. The van der Waals surface area contributed by atoms with Crippen LogP contribution in [-0.2, 0) is 11.3 Å². The van der Waals surface area contributed by atoms with Crippen molar-refractivity contribution < 1.29 is 9.53 Å². The summed E-state index contributed by atoms with van der Waals surface area (Å²) in [6.45, 7) is 0.218. The second kappa shape index (κ2) is 6.11. The second-order valence-electron chi connectivity index (χ2n) is 3.92. The van der Waals surface area contributed by atoms with Crippen LogP contribution < -0.4 is 11.1 Å². The van der Waals surface area contributed by atoms with E-state index in [-0.39, 0.29) is 6.61 Å². The van der Waals surface area contributed by atoms with Crippen LogP contribution in [0.5, 0.6) is 0 Å². The third-order valence-electron chi connectivity index (χ3n) is 2.46. The van der Waals surface area contributed by atoms with Gasteiger partial charge in [-0.2, -0.15) is 0 Å². The van der Waals surface area contributed by atoms with Gasteiger partial charge in [0, 0.05) is 5.69 Å². The van der Waals surface area contributed by atoms with E-state index in [9.17, 15) is 4.79 Å². The first-order chi connectivity index (χ1) is 9.15. The molecule has 0 aliphatic rings. The molecule has 98 valence electrons. The second-order valence-corrected chi connectivity index (χ2v) is 4.33. The number of hydrogen-bond acceptors (Lipinski definition) is 3. The van der Waals surface area contributed by atoms with Crippen LogP contribution in [0.4, 0.5) is 16.2 Å². The van der Waals surface area contributed by atoms with Gasteiger partial charge in [0.25, 0.3) is 0 Å². The average molecular weight is 277 g/mol. The molecule has 1 amide bonds. The lowest BCUT2D eigenvalue weighted by Gasteiger charge is -2.08. The third-order valence-corrected chi connectivity index (χ3v) is 2.80. The number of nitrogens with two attached hydrogens (primary N) is 1. The lowest BCUT2D eigenvalue weighted by Crippen LogP contribution is -2.13. The van der Waals surface area contributed by atoms with Crippen molar-refractivity contribution in [2.24, 2.45) is 0 Å². The van der Waals surface area contributed by atoms with E-state index in [2.05, 4.69) is 5.32 Å². The zero-order valence-electron chi connectivity index (χ0n) is 10.1. The molecule has 0 radical (unpaired) electrons. The molecule has 0 heterocycles. The number of amides is 1. The summed E-state index contributed by atoms with van der Waals surface area (Å²) in [6, 6.07) is 14.3. The number of nitrogen functional groups attached to an aromatic ring is 1. The normalized spacial score (nSPS) is 9.95. The Morgan fingerprint density at radius 1 is 1.21 bits per heavy atom. The Kier molecular flexibility index (Phi) is 4.26. The smallest absolute Gasteiger partial charge is 0.411 e. The molecule has 0 aliphatic carbocycles. The number of carbonyl (C=O) groups is 1. The van der Waals surface area contributed by atoms with Gasteiger partial charge < -0.3 is 10.5 Å². The van der Waals surface area contributed by atoms with Crippen LogP contribution >= 0.6 is 11.6 Å². The molecule has 0 aromatic heterocycles. The Morgan fingerprint density at radius 3 is 2.63 bits per heavy atom. The van der Waals surface area contributed by atoms with E-state index in [1.165, 1.54) is 0 Å². The van der Waals surface area contributed by atoms with Gasteiger partial charge in [0.05, 0.1) is 10.7 Å². The van der Waals surface area contributed by atoms with Gasteiger partial charge >= 0.3 is 6.09 Å². The number of ether oxygens (including phenoxy) is 1. The van der Waals surface area contributed by atoms with E-state index in [1.807, 2.05) is 30.3 Å². The van der Waals surface area contributed by atoms with Crippen molar-refractivity contribution in [1.82, 2.24) is 0 Å². The van der Waals surface area contributed by atoms with E-state index >= 15 is 0 Å². The van der Waals surface area contributed by atoms with Gasteiger partial charge in [-0.3, -0.25) is 5.32 Å². The molecule has 0 saturated carbocycles. The van der Waals surface area contributed by atoms with Crippen molar-refractivity contribution in [2.45, 2.75) is 6.61 Å². The summed E-state index contributed by atoms with van der Waals surface area (Å²) in [4.78, 5) is 11.6. The molecule has 0 aliphatic heterocycles. The summed E-state index contributed by atoms with van der Waals surface area (Å²) in [6.07, 6.45) is -0.537. The summed E-state index contributed by atoms with van der Waals surface area (Å²) < 4.78 is 5.08. The third kappa shape index (κ3) is 3.89. The zero-order chi connectivity index (χ0) is 13.7. The maximum Gasteiger partial charge on any atom is 0.411 e. The van der Waals surface area contributed by atoms with Crippen LogP contribution in [-0.4, -0.2) is 6.09 Å². The number of rotatable bonds is 3. The Morgan fingerprint density at radius 2 is 1.95 bits per heavy atom. The summed E-state index contributed by atoms with van der Waals surface area (Å²) >= 11 is 5.79. The van der Waals surface area contributed by atoms with Gasteiger partial charge in [-0.25, -0.2) is 4.79 Å². The minimum Gasteiger partial charge on any atom is -0.444 e. The highest BCUT2D eigenvalue weighted by atomic mass is 35.5. The van der Waals surface area contributed by atoms with Crippen LogP contribution in [0.3, 0.4) is 0 Å². The van der Waals surface area contributed by atoms with Gasteiger partial charge in [0.2, 0.25) is 0 Å². The topological polar surface area (TPSA) is 64.3 Å². The van der Waals surface area contributed by atoms with E-state index in [1.54, 1.807) is 18.2 Å². The molecule has 2 aromatic rings. The molecule has 0 saturated heterocycles. The number of anilines is 2. The van der Waals surface area contributed by atoms with Crippen molar-refractivity contribution in [3.8, 4) is 0 Å². The minimum absolute atomic E-state index is 0.218. The summed E-state index contributed by atoms with van der Waals surface area (Å²) in [7, 11) is 0. The van der Waals surface area contributed by atoms with Crippen LogP contribution in [0.2, 0.25) is 5.02 Å². The summed E-state index contributed by atoms with van der Waals surface area (Å²) in [5.74, 6) is 0. The number of nitrogens with one attached hydrogen (secondary N) is 1. The highest BCUT2D eigenvalue weighted by Crippen LogP contribution is 2.22. The molecule has 0 atom stereocenters. The lowest BCUT2D eigenvalue weighted by molar-refractivity contribution is 0.155. The SMILES string of the molecule is Nc1cc(NC(=O)OCc2ccccc2)ccc1Cl. The first kappa shape index (κ1) is 13.2. The monoisotopic (exact) mass is 276 g/mol. The largest absolute Gasteiger partial charge is 0.444 e. The standard InChI is InChI=1S/C14H13ClN2O2/c15-12-7-6-11(8-13(12)16)17-14(18)19-9-10-4-2-1-3-5-10/h1-8H,9,16H2,(H,17,18). The van der Waals surface area contributed by atoms with Crippen molar-refractivity contribution in [2.75, 3.05) is 11.1 Å². The fourth-order valence-electron chi connectivity index (χ4n) is 1.50. The quantitative estimate of drug-likeness (QED) is 0.841. The number of halogens is 1. The molecule has 0 fully saturated rings. The predicted molar refractivity (Wildman–Crippen MR) is 76.1 cm³/mol. The van der Waals surface area contributed by atoms with Crippen molar-refractivity contribution in [3.63, 3.8) is 0 Å². The molecule has 0 unspecified atom stereocenters. The van der Waals surface area contributed by atoms with Gasteiger partial charge in [-0.05, 0) is 23.8 Å². The van der Waals surface area contributed by atoms with Crippen LogP contribution in [0, 0.1) is 0 Å². The fraction of sp³-hybridized carbons (Fsp3) is 0.0714. The van der Waals surface area contributed by atoms with Crippen LogP contribution in [0.25, 0.3) is 0 Å². The van der Waals surface area contributed by atoms with Crippen LogP contribution in [0.1, 0.15) is 5.56 Å². The molecule has 2 rings (SSSR count). The number of benzene rings is 2. The van der Waals surface area contributed by atoms with Gasteiger partial charge in [0.1, 0.15) is 6.61 Å². The zero-order valence-corrected chi connectivity index (χ0v) is 10.9. The van der Waals surface area contributed by atoms with E-state index in [0.717, 1.165) is 5.56 Å². The Bertz CT molecular complexity index is 573. The van der Waals surface area contributed by atoms with E-state index in [0.29, 0.717) is 16.4 Å². The summed E-state index contributed by atoms with van der Waals surface area (Å²) in [5.41, 5.74) is 7.51. The minimum atomic E-state index is -0.537. The molecule has 3 N–H and O–H groups in total. The molecule has 0 spiro atoms. The highest BCUT2D eigenvalue weighted by molar-refractivity contribution is 6.33. The molecule has 4 nitrogen and oxygen atoms in total. The predicted octanol–water partition coefficient (Wildman–Crippen LogP) is 3.67. The lowest BCUT2D eigenvalue weighted by atomic mass is 10.2. The van der Waals surface area contributed by atoms with Crippen molar-refractivity contribution >= 4 is 29.1 Å². The average Bonchev–Trinajstić information content (AvgIpc) is 2.42. The highest BCUT2D eigenvalue weighted by Gasteiger charge is 2.05. The first-order valence-corrected chi connectivity index (χ1v) is 6.05. The molecule has 19 heavy (non-hydrogen) atoms. The molecule has 2 aromatic carbocycles. The van der Waals surface area contributed by atoms with E-state index in [4.69, 9.17) is 22.1 Å². The van der Waals surface area contributed by atoms with Crippen molar-refractivity contribution in [1.29, 1.82) is 0 Å². The van der Waals surface area contributed by atoms with Gasteiger partial charge in [-0.1, -0.05) is 41.9 Å². The van der Waals surface area contributed by atoms with Crippen LogP contribution in [0.15, 0.2) is 48.5 Å². The van der Waals surface area contributed by atoms with Crippen molar-refractivity contribution in [3.05, 3.63) is 59.1 Å². The summed E-state index contributed by atoms with van der Waals surface area (Å²) in [5, 5.41) is 3.03. The van der Waals surface area contributed by atoms with Gasteiger partial charge in [-0.15, -0.1) is 0 Å². The maximum absolute atomic E-state index is 11.6. The first-order valence-electron chi connectivity index (χ1n) is 5.68. The molecular formula is C14H13ClN2O2. The van der Waals surface area contributed by atoms with Gasteiger partial charge in [0.15, 0.2) is 0 Å². The fourth-order valence-corrected chi connectivity index (χ4v) is 1.62. The Balaban J connectivity index is 1.89. The Hall–Kier alpha value is -2.20. The number of hydrogen-bond donors (Lipinski definition) is 2. The Labute approximate surface area is 116 Å². The molecule has 5 heteroatoms. The van der Waals surface area contributed by atoms with E-state index < -0.39 is 6.09 Å².